The van der Waals surface area contributed by atoms with Crippen LogP contribution in [0.25, 0.3) is 0 Å². The largest absolute Gasteiger partial charge is 0.383 e. The minimum absolute atomic E-state index is 0.391. The van der Waals surface area contributed by atoms with Gasteiger partial charge in [0.1, 0.15) is 0 Å². The van der Waals surface area contributed by atoms with Gasteiger partial charge in [-0.25, -0.2) is 4.98 Å². The Labute approximate surface area is 110 Å². The van der Waals surface area contributed by atoms with E-state index in [0.717, 1.165) is 19.7 Å². The third-order valence-electron chi connectivity index (χ3n) is 3.92. The van der Waals surface area contributed by atoms with E-state index in [1.54, 1.807) is 7.11 Å². The van der Waals surface area contributed by atoms with Crippen LogP contribution in [0.5, 0.6) is 0 Å². The Morgan fingerprint density at radius 1 is 1.44 bits per heavy atom. The molecule has 1 saturated heterocycles. The molecule has 1 aliphatic rings. The lowest BCUT2D eigenvalue weighted by Crippen LogP contribution is -2.29. The highest BCUT2D eigenvalue weighted by molar-refractivity contribution is 5.09. The number of nitrogens with one attached hydrogen (secondary N) is 1. The van der Waals surface area contributed by atoms with Crippen molar-refractivity contribution in [1.82, 2.24) is 14.9 Å². The first-order valence-electron chi connectivity index (χ1n) is 6.95. The molecule has 102 valence electrons. The van der Waals surface area contributed by atoms with E-state index in [-0.39, 0.29) is 0 Å². The lowest BCUT2D eigenvalue weighted by molar-refractivity contribution is 0.130. The molecule has 0 aliphatic carbocycles. The molecule has 2 heterocycles. The van der Waals surface area contributed by atoms with Crippen molar-refractivity contribution in [3.8, 4) is 0 Å². The smallest absolute Gasteiger partial charge is 0.0951 e. The maximum absolute atomic E-state index is 5.37. The zero-order valence-electron chi connectivity index (χ0n) is 11.7. The van der Waals surface area contributed by atoms with E-state index in [2.05, 4.69) is 28.7 Å². The van der Waals surface area contributed by atoms with Gasteiger partial charge in [0, 0.05) is 24.9 Å². The molecule has 4 nitrogen and oxygen atoms in total. The van der Waals surface area contributed by atoms with Gasteiger partial charge >= 0.3 is 0 Å². The highest BCUT2D eigenvalue weighted by atomic mass is 16.5. The van der Waals surface area contributed by atoms with E-state index in [4.69, 9.17) is 4.74 Å². The summed E-state index contributed by atoms with van der Waals surface area (Å²) >= 11 is 0. The molecule has 18 heavy (non-hydrogen) atoms. The third kappa shape index (κ3) is 2.93. The molecule has 1 aromatic rings. The first-order chi connectivity index (χ1) is 8.74. The number of ether oxygens (including phenoxy) is 1. The molecule has 0 radical (unpaired) electrons. The quantitative estimate of drug-likeness (QED) is 0.872. The number of piperidine rings is 1. The Balaban J connectivity index is 2.19. The van der Waals surface area contributed by atoms with Crippen LogP contribution in [0.1, 0.15) is 44.3 Å². The Morgan fingerprint density at radius 3 is 2.78 bits per heavy atom. The number of imidazole rings is 1. The molecule has 0 amide bonds. The van der Waals surface area contributed by atoms with Crippen molar-refractivity contribution >= 4 is 0 Å². The highest BCUT2D eigenvalue weighted by Crippen LogP contribution is 2.29. The van der Waals surface area contributed by atoms with Crippen LogP contribution in [0.3, 0.4) is 0 Å². The van der Waals surface area contributed by atoms with E-state index in [9.17, 15) is 0 Å². The second-order valence-electron chi connectivity index (χ2n) is 5.52. The Kier molecular flexibility index (Phi) is 4.78. The maximum atomic E-state index is 5.37. The summed E-state index contributed by atoms with van der Waals surface area (Å²) in [4.78, 5) is 4.37. The molecule has 1 aliphatic heterocycles. The van der Waals surface area contributed by atoms with Gasteiger partial charge in [0.25, 0.3) is 0 Å². The molecule has 1 atom stereocenters. The van der Waals surface area contributed by atoms with Gasteiger partial charge in [-0.15, -0.1) is 0 Å². The minimum Gasteiger partial charge on any atom is -0.383 e. The zero-order valence-corrected chi connectivity index (χ0v) is 11.7. The third-order valence-corrected chi connectivity index (χ3v) is 3.92. The van der Waals surface area contributed by atoms with Crippen molar-refractivity contribution < 1.29 is 4.74 Å². The molecule has 0 bridgehead atoms. The summed E-state index contributed by atoms with van der Waals surface area (Å²) in [5.41, 5.74) is 1.38. The lowest BCUT2D eigenvalue weighted by atomic mass is 9.94. The van der Waals surface area contributed by atoms with Crippen LogP contribution in [0, 0.1) is 5.92 Å². The molecule has 4 heteroatoms. The molecule has 1 unspecified atom stereocenters. The average molecular weight is 251 g/mol. The number of hydrogen-bond donors (Lipinski definition) is 1. The summed E-state index contributed by atoms with van der Waals surface area (Å²) in [7, 11) is 1.77. The van der Waals surface area contributed by atoms with Crippen molar-refractivity contribution in [2.45, 2.75) is 38.6 Å². The highest BCUT2D eigenvalue weighted by Gasteiger charge is 2.23. The first kappa shape index (κ1) is 13.6. The summed E-state index contributed by atoms with van der Waals surface area (Å²) in [6, 6.07) is 0.391. The second-order valence-corrected chi connectivity index (χ2v) is 5.52. The SMILES string of the molecule is COCC(C(C)C)n1cncc1C1CCNCC1. The average Bonchev–Trinajstić information content (AvgIpc) is 2.85. The predicted molar refractivity (Wildman–Crippen MR) is 72.8 cm³/mol. The van der Waals surface area contributed by atoms with E-state index in [1.165, 1.54) is 18.5 Å². The van der Waals surface area contributed by atoms with Gasteiger partial charge in [-0.3, -0.25) is 0 Å². The van der Waals surface area contributed by atoms with Crippen molar-refractivity contribution in [2.75, 3.05) is 26.8 Å². The minimum atomic E-state index is 0.391. The van der Waals surface area contributed by atoms with E-state index in [0.29, 0.717) is 17.9 Å². The van der Waals surface area contributed by atoms with Crippen LogP contribution in [-0.2, 0) is 4.74 Å². The zero-order chi connectivity index (χ0) is 13.0. The number of rotatable bonds is 5. The Bertz CT molecular complexity index is 356. The lowest BCUT2D eigenvalue weighted by Gasteiger charge is -2.29. The summed E-state index contributed by atoms with van der Waals surface area (Å²) in [5.74, 6) is 1.20. The van der Waals surface area contributed by atoms with Gasteiger partial charge in [0.2, 0.25) is 0 Å². The number of hydrogen-bond acceptors (Lipinski definition) is 3. The molecule has 1 N–H and O–H groups in total. The molecule has 0 saturated carbocycles. The fourth-order valence-corrected chi connectivity index (χ4v) is 2.79. The van der Waals surface area contributed by atoms with Crippen LogP contribution in [0.4, 0.5) is 0 Å². The molecular formula is C14H25N3O. The number of nitrogens with zero attached hydrogens (tertiary/aromatic N) is 2. The maximum Gasteiger partial charge on any atom is 0.0951 e. The van der Waals surface area contributed by atoms with Crippen molar-refractivity contribution in [2.24, 2.45) is 5.92 Å². The Morgan fingerprint density at radius 2 is 2.17 bits per heavy atom. The van der Waals surface area contributed by atoms with Gasteiger partial charge in [0.05, 0.1) is 19.0 Å². The molecule has 1 aromatic heterocycles. The summed E-state index contributed by atoms with van der Waals surface area (Å²) < 4.78 is 7.71. The van der Waals surface area contributed by atoms with Crippen LogP contribution < -0.4 is 5.32 Å². The van der Waals surface area contributed by atoms with Crippen LogP contribution in [0.2, 0.25) is 0 Å². The molecule has 1 fully saturated rings. The van der Waals surface area contributed by atoms with Crippen LogP contribution in [0.15, 0.2) is 12.5 Å². The second kappa shape index (κ2) is 6.34. The summed E-state index contributed by atoms with van der Waals surface area (Å²) in [6.07, 6.45) is 6.44. The fraction of sp³-hybridized carbons (Fsp3) is 0.786. The predicted octanol–water partition coefficient (Wildman–Crippen LogP) is 2.19. The molecule has 0 spiro atoms. The topological polar surface area (TPSA) is 39.1 Å². The van der Waals surface area contributed by atoms with Gasteiger partial charge in [0.15, 0.2) is 0 Å². The van der Waals surface area contributed by atoms with Crippen molar-refractivity contribution in [1.29, 1.82) is 0 Å². The van der Waals surface area contributed by atoms with Crippen LogP contribution in [-0.4, -0.2) is 36.4 Å². The summed E-state index contributed by atoms with van der Waals surface area (Å²) in [5, 5.41) is 3.42. The standard InChI is InChI=1S/C14H25N3O/c1-11(2)14(9-18-3)17-10-16-8-13(17)12-4-6-15-7-5-12/h8,10-12,14-15H,4-7,9H2,1-3H3. The van der Waals surface area contributed by atoms with E-state index in [1.807, 2.05) is 12.5 Å². The normalized spacial score (nSPS) is 19.3. The molecular weight excluding hydrogens is 226 g/mol. The van der Waals surface area contributed by atoms with E-state index < -0.39 is 0 Å². The number of aromatic nitrogens is 2. The molecule has 0 aromatic carbocycles. The van der Waals surface area contributed by atoms with Gasteiger partial charge < -0.3 is 14.6 Å². The van der Waals surface area contributed by atoms with Gasteiger partial charge in [-0.1, -0.05) is 13.8 Å². The van der Waals surface area contributed by atoms with Gasteiger partial charge in [-0.2, -0.15) is 0 Å². The summed E-state index contributed by atoms with van der Waals surface area (Å²) in [6.45, 7) is 7.48. The number of methoxy groups -OCH3 is 1. The van der Waals surface area contributed by atoms with E-state index >= 15 is 0 Å². The van der Waals surface area contributed by atoms with Crippen molar-refractivity contribution in [3.05, 3.63) is 18.2 Å². The molecule has 2 rings (SSSR count). The van der Waals surface area contributed by atoms with Crippen LogP contribution >= 0.6 is 0 Å². The van der Waals surface area contributed by atoms with Gasteiger partial charge in [-0.05, 0) is 31.8 Å². The first-order valence-corrected chi connectivity index (χ1v) is 6.95. The Hall–Kier alpha value is -0.870. The monoisotopic (exact) mass is 251 g/mol. The fourth-order valence-electron chi connectivity index (χ4n) is 2.79. The van der Waals surface area contributed by atoms with Crippen molar-refractivity contribution in [3.63, 3.8) is 0 Å².